The van der Waals surface area contributed by atoms with Gasteiger partial charge in [-0.2, -0.15) is 0 Å². The maximum atomic E-state index is 5.99. The molecule has 0 saturated carbocycles. The summed E-state index contributed by atoms with van der Waals surface area (Å²) in [5.41, 5.74) is 0.906. The Morgan fingerprint density at radius 3 is 2.50 bits per heavy atom. The standard InChI is InChI=1S/C17H20O/c1-5-17(3,4)18-13(2)15-12-8-10-14-9-6-7-11-16(14)15/h6-12H,2,5H2,1,3-4H3. The summed E-state index contributed by atoms with van der Waals surface area (Å²) in [6.07, 6.45) is 0.955. The second-order valence-corrected chi connectivity index (χ2v) is 5.17. The van der Waals surface area contributed by atoms with Crippen molar-refractivity contribution in [2.24, 2.45) is 0 Å². The molecule has 2 aromatic rings. The Bertz CT molecular complexity index is 561. The van der Waals surface area contributed by atoms with Crippen molar-refractivity contribution in [1.29, 1.82) is 0 Å². The van der Waals surface area contributed by atoms with Gasteiger partial charge in [0.1, 0.15) is 11.4 Å². The highest BCUT2D eigenvalue weighted by Gasteiger charge is 2.18. The van der Waals surface area contributed by atoms with Crippen molar-refractivity contribution in [1.82, 2.24) is 0 Å². The number of ether oxygens (including phenoxy) is 1. The van der Waals surface area contributed by atoms with E-state index in [-0.39, 0.29) is 5.60 Å². The SMILES string of the molecule is C=C(OC(C)(C)CC)c1cccc2ccccc12. The van der Waals surface area contributed by atoms with Crippen LogP contribution in [0.25, 0.3) is 16.5 Å². The summed E-state index contributed by atoms with van der Waals surface area (Å²) in [7, 11) is 0. The normalized spacial score (nSPS) is 11.5. The number of fused-ring (bicyclic) bond motifs is 1. The average molecular weight is 240 g/mol. The molecule has 0 radical (unpaired) electrons. The second-order valence-electron chi connectivity index (χ2n) is 5.17. The van der Waals surface area contributed by atoms with Gasteiger partial charge in [0.2, 0.25) is 0 Å². The molecule has 94 valence electrons. The summed E-state index contributed by atoms with van der Waals surface area (Å²) in [4.78, 5) is 0. The van der Waals surface area contributed by atoms with E-state index in [2.05, 4.69) is 51.6 Å². The molecule has 1 heteroatoms. The third kappa shape index (κ3) is 2.56. The van der Waals surface area contributed by atoms with Crippen LogP contribution in [-0.2, 0) is 4.74 Å². The molecule has 2 rings (SSSR count). The van der Waals surface area contributed by atoms with Gasteiger partial charge in [0.25, 0.3) is 0 Å². The minimum Gasteiger partial charge on any atom is -0.488 e. The zero-order valence-corrected chi connectivity index (χ0v) is 11.4. The van der Waals surface area contributed by atoms with Crippen LogP contribution >= 0.6 is 0 Å². The summed E-state index contributed by atoms with van der Waals surface area (Å²) in [6, 6.07) is 14.5. The summed E-state index contributed by atoms with van der Waals surface area (Å²) in [5.74, 6) is 0.749. The first-order valence-electron chi connectivity index (χ1n) is 6.39. The molecule has 0 aliphatic rings. The number of hydrogen-bond donors (Lipinski definition) is 0. The third-order valence-electron chi connectivity index (χ3n) is 3.34. The second kappa shape index (κ2) is 4.85. The van der Waals surface area contributed by atoms with E-state index in [1.807, 2.05) is 18.2 Å². The van der Waals surface area contributed by atoms with Crippen LogP contribution in [0.4, 0.5) is 0 Å². The highest BCUT2D eigenvalue weighted by molar-refractivity contribution is 5.92. The molecule has 0 atom stereocenters. The molecular formula is C17H20O. The van der Waals surface area contributed by atoms with E-state index in [1.165, 1.54) is 10.8 Å². The molecular weight excluding hydrogens is 220 g/mol. The van der Waals surface area contributed by atoms with Crippen LogP contribution < -0.4 is 0 Å². The third-order valence-corrected chi connectivity index (χ3v) is 3.34. The van der Waals surface area contributed by atoms with Crippen molar-refractivity contribution in [3.8, 4) is 0 Å². The number of rotatable bonds is 4. The van der Waals surface area contributed by atoms with Crippen LogP contribution in [0, 0.1) is 0 Å². The summed E-state index contributed by atoms with van der Waals surface area (Å²) in [6.45, 7) is 10.4. The fourth-order valence-electron chi connectivity index (χ4n) is 1.93. The zero-order chi connectivity index (χ0) is 13.2. The molecule has 0 aliphatic carbocycles. The largest absolute Gasteiger partial charge is 0.488 e. The molecule has 0 aromatic heterocycles. The lowest BCUT2D eigenvalue weighted by atomic mass is 10.0. The van der Waals surface area contributed by atoms with Crippen LogP contribution in [-0.4, -0.2) is 5.60 Å². The van der Waals surface area contributed by atoms with Crippen LogP contribution in [0.2, 0.25) is 0 Å². The highest BCUT2D eigenvalue weighted by atomic mass is 16.5. The van der Waals surface area contributed by atoms with Crippen LogP contribution in [0.15, 0.2) is 49.0 Å². The van der Waals surface area contributed by atoms with Gasteiger partial charge in [0.15, 0.2) is 0 Å². The molecule has 2 aromatic carbocycles. The zero-order valence-electron chi connectivity index (χ0n) is 11.4. The molecule has 0 aliphatic heterocycles. The number of hydrogen-bond acceptors (Lipinski definition) is 1. The smallest absolute Gasteiger partial charge is 0.120 e. The van der Waals surface area contributed by atoms with Gasteiger partial charge >= 0.3 is 0 Å². The fraction of sp³-hybridized carbons (Fsp3) is 0.294. The molecule has 0 spiro atoms. The van der Waals surface area contributed by atoms with Gasteiger partial charge in [-0.15, -0.1) is 0 Å². The van der Waals surface area contributed by atoms with E-state index in [0.717, 1.165) is 17.7 Å². The first-order chi connectivity index (χ1) is 8.53. The minimum absolute atomic E-state index is 0.173. The van der Waals surface area contributed by atoms with Crippen molar-refractivity contribution in [3.05, 3.63) is 54.6 Å². The summed E-state index contributed by atoms with van der Waals surface area (Å²) < 4.78 is 5.99. The lowest BCUT2D eigenvalue weighted by Gasteiger charge is -2.26. The van der Waals surface area contributed by atoms with Gasteiger partial charge in [-0.3, -0.25) is 0 Å². The van der Waals surface area contributed by atoms with Gasteiger partial charge < -0.3 is 4.74 Å². The van der Waals surface area contributed by atoms with Crippen molar-refractivity contribution in [2.45, 2.75) is 32.8 Å². The Hall–Kier alpha value is -1.76. The molecule has 0 fully saturated rings. The predicted octanol–water partition coefficient (Wildman–Crippen LogP) is 5.02. The Labute approximate surface area is 109 Å². The summed E-state index contributed by atoms with van der Waals surface area (Å²) in [5, 5.41) is 2.41. The van der Waals surface area contributed by atoms with Crippen LogP contribution in [0.3, 0.4) is 0 Å². The van der Waals surface area contributed by atoms with E-state index < -0.39 is 0 Å². The topological polar surface area (TPSA) is 9.23 Å². The van der Waals surface area contributed by atoms with Crippen molar-refractivity contribution < 1.29 is 4.74 Å². The molecule has 18 heavy (non-hydrogen) atoms. The lowest BCUT2D eigenvalue weighted by molar-refractivity contribution is 0.0740. The van der Waals surface area contributed by atoms with Gasteiger partial charge in [-0.05, 0) is 31.0 Å². The molecule has 1 nitrogen and oxygen atoms in total. The highest BCUT2D eigenvalue weighted by Crippen LogP contribution is 2.29. The molecule has 0 bridgehead atoms. The monoisotopic (exact) mass is 240 g/mol. The number of benzene rings is 2. The molecule has 0 amide bonds. The fourth-order valence-corrected chi connectivity index (χ4v) is 1.93. The molecule has 0 N–H and O–H groups in total. The van der Waals surface area contributed by atoms with Crippen molar-refractivity contribution in [3.63, 3.8) is 0 Å². The first kappa shape index (κ1) is 12.7. The first-order valence-corrected chi connectivity index (χ1v) is 6.39. The van der Waals surface area contributed by atoms with E-state index >= 15 is 0 Å². The maximum absolute atomic E-state index is 5.99. The Kier molecular flexibility index (Phi) is 3.42. The van der Waals surface area contributed by atoms with Gasteiger partial charge in [-0.25, -0.2) is 0 Å². The maximum Gasteiger partial charge on any atom is 0.120 e. The van der Waals surface area contributed by atoms with E-state index in [0.29, 0.717) is 0 Å². The minimum atomic E-state index is -0.173. The van der Waals surface area contributed by atoms with E-state index in [9.17, 15) is 0 Å². The van der Waals surface area contributed by atoms with Gasteiger partial charge in [-0.1, -0.05) is 56.0 Å². The van der Waals surface area contributed by atoms with Crippen LogP contribution in [0.5, 0.6) is 0 Å². The molecule has 0 saturated heterocycles. The predicted molar refractivity (Wildman–Crippen MR) is 78.4 cm³/mol. The average Bonchev–Trinajstić information content (AvgIpc) is 2.37. The Morgan fingerprint density at radius 1 is 1.11 bits per heavy atom. The summed E-state index contributed by atoms with van der Waals surface area (Å²) >= 11 is 0. The Balaban J connectivity index is 2.39. The van der Waals surface area contributed by atoms with E-state index in [4.69, 9.17) is 4.74 Å². The van der Waals surface area contributed by atoms with Gasteiger partial charge in [0, 0.05) is 5.56 Å². The van der Waals surface area contributed by atoms with Crippen LogP contribution in [0.1, 0.15) is 32.8 Å². The quantitative estimate of drug-likeness (QED) is 0.682. The van der Waals surface area contributed by atoms with Crippen molar-refractivity contribution >= 4 is 16.5 Å². The van der Waals surface area contributed by atoms with Gasteiger partial charge in [0.05, 0.1) is 0 Å². The van der Waals surface area contributed by atoms with Crippen molar-refractivity contribution in [2.75, 3.05) is 0 Å². The lowest BCUT2D eigenvalue weighted by Crippen LogP contribution is -2.21. The van der Waals surface area contributed by atoms with E-state index in [1.54, 1.807) is 0 Å². The molecule has 0 heterocycles. The Morgan fingerprint density at radius 2 is 1.78 bits per heavy atom. The molecule has 0 unspecified atom stereocenters.